The number of halogens is 1. The van der Waals surface area contributed by atoms with Gasteiger partial charge in [-0.25, -0.2) is 4.39 Å². The predicted octanol–water partition coefficient (Wildman–Crippen LogP) is 2.81. The van der Waals surface area contributed by atoms with E-state index >= 15 is 0 Å². The van der Waals surface area contributed by atoms with Crippen molar-refractivity contribution in [2.24, 2.45) is 0 Å². The summed E-state index contributed by atoms with van der Waals surface area (Å²) >= 11 is 0. The first-order valence-electron chi connectivity index (χ1n) is 4.58. The highest BCUT2D eigenvalue weighted by molar-refractivity contribution is 5.22. The van der Waals surface area contributed by atoms with E-state index in [1.807, 2.05) is 0 Å². The molecule has 0 bridgehead atoms. The van der Waals surface area contributed by atoms with Crippen LogP contribution in [0.4, 0.5) is 4.39 Å². The molecule has 0 spiro atoms. The van der Waals surface area contributed by atoms with Crippen molar-refractivity contribution in [3.05, 3.63) is 30.1 Å². The second kappa shape index (κ2) is 6.04. The second-order valence-electron chi connectivity index (χ2n) is 2.76. The lowest BCUT2D eigenvalue weighted by Gasteiger charge is -2.00. The lowest BCUT2D eigenvalue weighted by atomic mass is 10.3. The van der Waals surface area contributed by atoms with Crippen LogP contribution in [0.3, 0.4) is 0 Å². The van der Waals surface area contributed by atoms with Crippen molar-refractivity contribution in [1.29, 1.82) is 0 Å². The fourth-order valence-corrected chi connectivity index (χ4v) is 0.892. The molecule has 73 valence electrons. The van der Waals surface area contributed by atoms with E-state index in [4.69, 9.17) is 4.74 Å². The smallest absolute Gasteiger partial charge is 0.149 e. The molecule has 0 N–H and O–H groups in total. The Morgan fingerprint density at radius 1 is 1.50 bits per heavy atom. The zero-order chi connectivity index (χ0) is 10.2. The van der Waals surface area contributed by atoms with Crippen LogP contribution in [-0.2, 0) is 0 Å². The molecule has 0 amide bonds. The molecular formula is C12H12FO. The minimum absolute atomic E-state index is 0.309. The van der Waals surface area contributed by atoms with Gasteiger partial charge in [0.1, 0.15) is 18.2 Å². The second-order valence-corrected chi connectivity index (χ2v) is 2.76. The maximum Gasteiger partial charge on any atom is 0.149 e. The van der Waals surface area contributed by atoms with E-state index in [1.165, 1.54) is 12.1 Å². The van der Waals surface area contributed by atoms with E-state index in [1.54, 1.807) is 6.07 Å². The Morgan fingerprint density at radius 3 is 3.07 bits per heavy atom. The minimum atomic E-state index is -0.413. The molecule has 1 aromatic rings. The monoisotopic (exact) mass is 191 g/mol. The summed E-state index contributed by atoms with van der Waals surface area (Å²) in [6, 6.07) is 6.84. The van der Waals surface area contributed by atoms with E-state index in [9.17, 15) is 4.39 Å². The highest BCUT2D eigenvalue weighted by Crippen LogP contribution is 2.10. The normalized spacial score (nSPS) is 9.00. The van der Waals surface area contributed by atoms with Gasteiger partial charge in [-0.05, 0) is 18.6 Å². The van der Waals surface area contributed by atoms with E-state index in [-0.39, 0.29) is 0 Å². The molecule has 0 fully saturated rings. The maximum atomic E-state index is 12.6. The Bertz CT molecular complexity index is 336. The number of unbranched alkanes of at least 4 members (excludes halogenated alkanes) is 1. The van der Waals surface area contributed by atoms with E-state index in [0.717, 1.165) is 12.8 Å². The molecule has 1 rings (SSSR count). The van der Waals surface area contributed by atoms with Gasteiger partial charge in [-0.1, -0.05) is 18.8 Å². The van der Waals surface area contributed by atoms with Gasteiger partial charge in [0.15, 0.2) is 0 Å². The Balaban J connectivity index is 2.36. The van der Waals surface area contributed by atoms with Crippen LogP contribution >= 0.6 is 0 Å². The summed E-state index contributed by atoms with van der Waals surface area (Å²) in [7, 11) is 0. The molecule has 1 radical (unpaired) electrons. The van der Waals surface area contributed by atoms with Gasteiger partial charge in [-0.15, -0.1) is 0 Å². The molecule has 0 aromatic heterocycles. The van der Waals surface area contributed by atoms with Gasteiger partial charge in [0.25, 0.3) is 0 Å². The van der Waals surface area contributed by atoms with Gasteiger partial charge in [0.2, 0.25) is 0 Å². The van der Waals surface area contributed by atoms with Crippen LogP contribution in [0.2, 0.25) is 0 Å². The van der Waals surface area contributed by atoms with Crippen molar-refractivity contribution in [3.63, 3.8) is 0 Å². The number of rotatable bonds is 3. The summed E-state index contributed by atoms with van der Waals surface area (Å²) in [5.74, 6) is 5.87. The van der Waals surface area contributed by atoms with Crippen LogP contribution in [-0.4, -0.2) is 6.61 Å². The molecule has 2 heteroatoms. The van der Waals surface area contributed by atoms with E-state index in [0.29, 0.717) is 12.4 Å². The van der Waals surface area contributed by atoms with Crippen molar-refractivity contribution in [2.45, 2.75) is 19.8 Å². The molecule has 0 saturated heterocycles. The molecule has 1 nitrogen and oxygen atoms in total. The van der Waals surface area contributed by atoms with Crippen molar-refractivity contribution in [1.82, 2.24) is 0 Å². The first-order chi connectivity index (χ1) is 6.83. The highest BCUT2D eigenvalue weighted by Gasteiger charge is 1.93. The Hall–Kier alpha value is -1.49. The summed E-state index contributed by atoms with van der Waals surface area (Å²) < 4.78 is 17.8. The van der Waals surface area contributed by atoms with Crippen molar-refractivity contribution in [2.75, 3.05) is 6.61 Å². The van der Waals surface area contributed by atoms with Crippen molar-refractivity contribution >= 4 is 0 Å². The zero-order valence-electron chi connectivity index (χ0n) is 8.14. The average molecular weight is 191 g/mol. The fourth-order valence-electron chi connectivity index (χ4n) is 0.892. The lowest BCUT2D eigenvalue weighted by Crippen LogP contribution is -1.93. The third kappa shape index (κ3) is 3.95. The Morgan fingerprint density at radius 2 is 2.36 bits per heavy atom. The molecule has 1 aromatic carbocycles. The molecule has 0 saturated carbocycles. The predicted molar refractivity (Wildman–Crippen MR) is 53.4 cm³/mol. The van der Waals surface area contributed by atoms with Gasteiger partial charge in [0.05, 0.1) is 0 Å². The number of hydrogen-bond acceptors (Lipinski definition) is 1. The van der Waals surface area contributed by atoms with Gasteiger partial charge in [-0.2, -0.15) is 0 Å². The summed E-state index contributed by atoms with van der Waals surface area (Å²) in [6.45, 7) is 2.38. The fraction of sp³-hybridized carbons (Fsp3) is 0.333. The van der Waals surface area contributed by atoms with Crippen molar-refractivity contribution < 1.29 is 9.13 Å². The van der Waals surface area contributed by atoms with Crippen LogP contribution in [0.15, 0.2) is 18.2 Å². The molecule has 14 heavy (non-hydrogen) atoms. The molecular weight excluding hydrogens is 179 g/mol. The Labute approximate surface area is 83.9 Å². The van der Waals surface area contributed by atoms with Crippen LogP contribution in [0.1, 0.15) is 19.8 Å². The van der Waals surface area contributed by atoms with Gasteiger partial charge >= 0.3 is 0 Å². The first-order valence-corrected chi connectivity index (χ1v) is 4.58. The first kappa shape index (κ1) is 10.6. The summed E-state index contributed by atoms with van der Waals surface area (Å²) in [5.41, 5.74) is 0. The van der Waals surface area contributed by atoms with E-state index < -0.39 is 5.82 Å². The van der Waals surface area contributed by atoms with Crippen LogP contribution in [0.5, 0.6) is 5.75 Å². The topological polar surface area (TPSA) is 9.23 Å². The van der Waals surface area contributed by atoms with E-state index in [2.05, 4.69) is 24.8 Å². The minimum Gasteiger partial charge on any atom is -0.481 e. The van der Waals surface area contributed by atoms with Crippen LogP contribution in [0, 0.1) is 23.7 Å². The molecule has 0 heterocycles. The summed E-state index contributed by atoms with van der Waals surface area (Å²) in [6.07, 6.45) is 1.92. The van der Waals surface area contributed by atoms with Gasteiger partial charge in [0, 0.05) is 18.6 Å². The van der Waals surface area contributed by atoms with Gasteiger partial charge in [-0.3, -0.25) is 0 Å². The Kier molecular flexibility index (Phi) is 4.57. The third-order valence-electron chi connectivity index (χ3n) is 1.55. The molecule has 0 atom stereocenters. The number of hydrogen-bond donors (Lipinski definition) is 0. The maximum absolute atomic E-state index is 12.6. The quantitative estimate of drug-likeness (QED) is 0.667. The number of benzene rings is 1. The van der Waals surface area contributed by atoms with Crippen LogP contribution in [0.25, 0.3) is 0 Å². The summed E-state index contributed by atoms with van der Waals surface area (Å²) in [4.78, 5) is 0. The van der Waals surface area contributed by atoms with Gasteiger partial charge < -0.3 is 4.74 Å². The molecule has 0 aliphatic heterocycles. The largest absolute Gasteiger partial charge is 0.481 e. The highest BCUT2D eigenvalue weighted by atomic mass is 19.1. The third-order valence-corrected chi connectivity index (χ3v) is 1.55. The number of ether oxygens (including phenoxy) is 1. The lowest BCUT2D eigenvalue weighted by molar-refractivity contribution is 0.367. The SMILES string of the molecule is CCCC#CCOc1cc[c]c(F)c1. The zero-order valence-corrected chi connectivity index (χ0v) is 8.14. The summed E-state index contributed by atoms with van der Waals surface area (Å²) in [5, 5.41) is 0. The molecule has 0 aliphatic carbocycles. The van der Waals surface area contributed by atoms with Crippen molar-refractivity contribution in [3.8, 4) is 17.6 Å². The van der Waals surface area contributed by atoms with Crippen LogP contribution < -0.4 is 4.74 Å². The molecule has 0 unspecified atom stereocenters. The average Bonchev–Trinajstić information content (AvgIpc) is 2.18. The standard InChI is InChI=1S/C12H12FO/c1-2-3-4-5-9-14-12-8-6-7-11(13)10-12/h6,8,10H,2-3,9H2,1H3. The molecule has 0 aliphatic rings.